The van der Waals surface area contributed by atoms with Gasteiger partial charge in [-0.1, -0.05) is 24.8 Å². The summed E-state index contributed by atoms with van der Waals surface area (Å²) in [4.78, 5) is 0. The Kier molecular flexibility index (Phi) is 4.32. The predicted molar refractivity (Wildman–Crippen MR) is 31.1 cm³/mol. The topological polar surface area (TPSA) is 20.2 Å². The highest BCUT2D eigenvalue weighted by molar-refractivity contribution is 5.06. The third-order valence-corrected chi connectivity index (χ3v) is 0.444. The maximum Gasteiger partial charge on any atom is 0.0791 e. The summed E-state index contributed by atoms with van der Waals surface area (Å²) in [5, 5.41) is 8.03. The van der Waals surface area contributed by atoms with Gasteiger partial charge in [-0.15, -0.1) is 0 Å². The van der Waals surface area contributed by atoms with Crippen LogP contribution in [0.4, 0.5) is 0 Å². The van der Waals surface area contributed by atoms with Crippen LogP contribution in [0.1, 0.15) is 0 Å². The fraction of sp³-hybridized carbons (Fsp3) is 0. The van der Waals surface area contributed by atoms with Crippen LogP contribution in [0.5, 0.6) is 0 Å². The van der Waals surface area contributed by atoms with E-state index < -0.39 is 0 Å². The first-order valence-electron chi connectivity index (χ1n) is 2.00. The van der Waals surface area contributed by atoms with Gasteiger partial charge < -0.3 is 5.11 Å². The number of rotatable bonds is 2. The molecule has 0 saturated heterocycles. The average Bonchev–Trinajstić information content (AvgIpc) is 1.69. The SMILES string of the molecule is C=CC=CC=CO. The number of hydrogen-bond donors (Lipinski definition) is 1. The van der Waals surface area contributed by atoms with Crippen molar-refractivity contribution < 1.29 is 5.11 Å². The molecule has 0 spiro atoms. The summed E-state index contributed by atoms with van der Waals surface area (Å²) >= 11 is 0. The molecule has 0 fully saturated rings. The van der Waals surface area contributed by atoms with Crippen LogP contribution in [0.3, 0.4) is 0 Å². The first-order valence-corrected chi connectivity index (χ1v) is 2.00. The van der Waals surface area contributed by atoms with Crippen molar-refractivity contribution in [2.75, 3.05) is 0 Å². The summed E-state index contributed by atoms with van der Waals surface area (Å²) in [5.74, 6) is 0. The third-order valence-electron chi connectivity index (χ3n) is 0.444. The third kappa shape index (κ3) is 5.02. The van der Waals surface area contributed by atoms with E-state index in [9.17, 15) is 0 Å². The van der Waals surface area contributed by atoms with Gasteiger partial charge >= 0.3 is 0 Å². The van der Waals surface area contributed by atoms with Crippen LogP contribution >= 0.6 is 0 Å². The molecule has 0 radical (unpaired) electrons. The normalized spacial score (nSPS) is 10.9. The molecular weight excluding hydrogens is 88.1 g/mol. The van der Waals surface area contributed by atoms with E-state index in [0.29, 0.717) is 0 Å². The lowest BCUT2D eigenvalue weighted by molar-refractivity contribution is 0.474. The van der Waals surface area contributed by atoms with Crippen LogP contribution in [-0.4, -0.2) is 5.11 Å². The Bertz CT molecular complexity index is 90.4. The quantitative estimate of drug-likeness (QED) is 0.410. The van der Waals surface area contributed by atoms with Gasteiger partial charge in [-0.05, 0) is 6.08 Å². The van der Waals surface area contributed by atoms with Gasteiger partial charge in [-0.2, -0.15) is 0 Å². The summed E-state index contributed by atoms with van der Waals surface area (Å²) in [6, 6.07) is 0. The molecule has 0 amide bonds. The first kappa shape index (κ1) is 6.02. The van der Waals surface area contributed by atoms with E-state index >= 15 is 0 Å². The smallest absolute Gasteiger partial charge is 0.0791 e. The minimum Gasteiger partial charge on any atom is -0.516 e. The van der Waals surface area contributed by atoms with Crippen LogP contribution in [-0.2, 0) is 0 Å². The number of aliphatic hydroxyl groups excluding tert-OH is 1. The second-order valence-electron chi connectivity index (χ2n) is 0.962. The molecule has 0 aromatic carbocycles. The largest absolute Gasteiger partial charge is 0.516 e. The Labute approximate surface area is 43.3 Å². The Morgan fingerprint density at radius 2 is 1.86 bits per heavy atom. The van der Waals surface area contributed by atoms with Crippen LogP contribution in [0.25, 0.3) is 0 Å². The van der Waals surface area contributed by atoms with Crippen LogP contribution in [0.2, 0.25) is 0 Å². The fourth-order valence-electron chi connectivity index (χ4n) is 0.192. The molecule has 0 heterocycles. The number of hydrogen-bond acceptors (Lipinski definition) is 1. The van der Waals surface area contributed by atoms with Crippen molar-refractivity contribution in [2.45, 2.75) is 0 Å². The second-order valence-corrected chi connectivity index (χ2v) is 0.962. The lowest BCUT2D eigenvalue weighted by atomic mass is 10.5. The Morgan fingerprint density at radius 1 is 1.14 bits per heavy atom. The highest BCUT2D eigenvalue weighted by Gasteiger charge is 1.53. The van der Waals surface area contributed by atoms with Crippen molar-refractivity contribution in [1.29, 1.82) is 0 Å². The standard InChI is InChI=1S/C6H8O/c1-2-3-4-5-6-7/h2-7H,1H2. The zero-order valence-corrected chi connectivity index (χ0v) is 4.04. The molecule has 1 nitrogen and oxygen atoms in total. The molecule has 1 N–H and O–H groups in total. The lowest BCUT2D eigenvalue weighted by Gasteiger charge is -1.65. The fourth-order valence-corrected chi connectivity index (χ4v) is 0.192. The van der Waals surface area contributed by atoms with Crippen molar-refractivity contribution in [3.05, 3.63) is 37.1 Å². The Morgan fingerprint density at radius 3 is 2.29 bits per heavy atom. The zero-order chi connectivity index (χ0) is 5.54. The van der Waals surface area contributed by atoms with Gasteiger partial charge in [0.25, 0.3) is 0 Å². The molecule has 0 unspecified atom stereocenters. The molecule has 38 valence electrons. The highest BCUT2D eigenvalue weighted by atomic mass is 16.2. The van der Waals surface area contributed by atoms with Gasteiger partial charge in [0, 0.05) is 0 Å². The minimum atomic E-state index is 0.972. The van der Waals surface area contributed by atoms with E-state index in [1.165, 1.54) is 6.08 Å². The maximum absolute atomic E-state index is 8.03. The highest BCUT2D eigenvalue weighted by Crippen LogP contribution is 1.72. The zero-order valence-electron chi connectivity index (χ0n) is 4.04. The summed E-state index contributed by atoms with van der Waals surface area (Å²) in [7, 11) is 0. The summed E-state index contributed by atoms with van der Waals surface area (Å²) in [5.41, 5.74) is 0. The lowest BCUT2D eigenvalue weighted by Crippen LogP contribution is -1.46. The molecule has 0 rings (SSSR count). The molecule has 0 aromatic heterocycles. The minimum absolute atomic E-state index is 0.972. The summed E-state index contributed by atoms with van der Waals surface area (Å²) in [6.07, 6.45) is 7.54. The van der Waals surface area contributed by atoms with Crippen molar-refractivity contribution in [3.63, 3.8) is 0 Å². The molecular formula is C6H8O. The summed E-state index contributed by atoms with van der Waals surface area (Å²) in [6.45, 7) is 3.43. The van der Waals surface area contributed by atoms with Crippen molar-refractivity contribution in [3.8, 4) is 0 Å². The molecule has 1 heteroatoms. The van der Waals surface area contributed by atoms with Gasteiger partial charge in [0.15, 0.2) is 0 Å². The molecule has 7 heavy (non-hydrogen) atoms. The van der Waals surface area contributed by atoms with Gasteiger partial charge in [0.05, 0.1) is 6.26 Å². The van der Waals surface area contributed by atoms with E-state index in [1.807, 2.05) is 0 Å². The van der Waals surface area contributed by atoms with Crippen LogP contribution in [0.15, 0.2) is 37.1 Å². The number of allylic oxidation sites excluding steroid dienone is 4. The average molecular weight is 96.1 g/mol. The predicted octanol–water partition coefficient (Wildman–Crippen LogP) is 1.80. The van der Waals surface area contributed by atoms with Crippen molar-refractivity contribution in [1.82, 2.24) is 0 Å². The Hall–Kier alpha value is -0.980. The van der Waals surface area contributed by atoms with E-state index in [2.05, 4.69) is 6.58 Å². The van der Waals surface area contributed by atoms with Gasteiger partial charge in [-0.3, -0.25) is 0 Å². The molecule has 0 bridgehead atoms. The number of aliphatic hydroxyl groups is 1. The second kappa shape index (κ2) is 5.02. The van der Waals surface area contributed by atoms with Crippen molar-refractivity contribution in [2.24, 2.45) is 0 Å². The van der Waals surface area contributed by atoms with Crippen molar-refractivity contribution >= 4 is 0 Å². The van der Waals surface area contributed by atoms with E-state index in [1.54, 1.807) is 18.2 Å². The van der Waals surface area contributed by atoms with E-state index in [4.69, 9.17) is 5.11 Å². The van der Waals surface area contributed by atoms with Gasteiger partial charge in [0.1, 0.15) is 0 Å². The molecule has 0 atom stereocenters. The summed E-state index contributed by atoms with van der Waals surface area (Å²) < 4.78 is 0. The maximum atomic E-state index is 8.03. The monoisotopic (exact) mass is 96.1 g/mol. The molecule has 0 aliphatic heterocycles. The van der Waals surface area contributed by atoms with Crippen LogP contribution < -0.4 is 0 Å². The molecule has 0 saturated carbocycles. The molecule has 0 aliphatic rings. The molecule has 0 aliphatic carbocycles. The van der Waals surface area contributed by atoms with Crippen LogP contribution in [0, 0.1) is 0 Å². The molecule has 0 aromatic rings. The van der Waals surface area contributed by atoms with Gasteiger partial charge in [0.2, 0.25) is 0 Å². The van der Waals surface area contributed by atoms with E-state index in [-0.39, 0.29) is 0 Å². The first-order chi connectivity index (χ1) is 3.41. The Balaban J connectivity index is 3.27. The van der Waals surface area contributed by atoms with Gasteiger partial charge in [-0.25, -0.2) is 0 Å². The van der Waals surface area contributed by atoms with E-state index in [0.717, 1.165) is 6.26 Å².